The second kappa shape index (κ2) is 8.83. The molecule has 0 aliphatic heterocycles. The predicted molar refractivity (Wildman–Crippen MR) is 110 cm³/mol. The number of hydrogen-bond donors (Lipinski definition) is 1. The lowest BCUT2D eigenvalue weighted by atomic mass is 9.98. The van der Waals surface area contributed by atoms with Gasteiger partial charge < -0.3 is 5.32 Å². The summed E-state index contributed by atoms with van der Waals surface area (Å²) in [4.78, 5) is 4.61. The maximum absolute atomic E-state index is 13.9. The highest BCUT2D eigenvalue weighted by atomic mass is 32.2. The van der Waals surface area contributed by atoms with Crippen LogP contribution in [0, 0.1) is 11.6 Å². The third-order valence-electron chi connectivity index (χ3n) is 4.68. The van der Waals surface area contributed by atoms with Gasteiger partial charge in [-0.05, 0) is 48.2 Å². The van der Waals surface area contributed by atoms with E-state index in [9.17, 15) is 17.2 Å². The van der Waals surface area contributed by atoms with Crippen LogP contribution < -0.4 is 5.32 Å². The molecule has 158 valence electrons. The Labute approximate surface area is 174 Å². The molecule has 0 saturated carbocycles. The molecule has 3 rings (SSSR count). The summed E-state index contributed by atoms with van der Waals surface area (Å²) in [6.45, 7) is 3.91. The van der Waals surface area contributed by atoms with E-state index in [1.165, 1.54) is 18.2 Å². The van der Waals surface area contributed by atoms with Crippen molar-refractivity contribution in [3.8, 4) is 0 Å². The highest BCUT2D eigenvalue weighted by Crippen LogP contribution is 2.28. The van der Waals surface area contributed by atoms with Gasteiger partial charge >= 0.3 is 0 Å². The Hall–Kier alpha value is -2.94. The second-order valence-corrected chi connectivity index (χ2v) is 8.85. The summed E-state index contributed by atoms with van der Waals surface area (Å²) >= 11 is 0. The number of anilines is 1. The number of sulfone groups is 1. The number of hydrogen-bond acceptors (Lipinski definition) is 6. The van der Waals surface area contributed by atoms with Gasteiger partial charge in [0.15, 0.2) is 21.5 Å². The molecule has 3 aromatic rings. The van der Waals surface area contributed by atoms with Gasteiger partial charge in [-0.25, -0.2) is 22.2 Å². The van der Waals surface area contributed by atoms with Crippen molar-refractivity contribution >= 4 is 15.8 Å². The number of aryl methyl sites for hydroxylation is 2. The molecule has 6 nitrogen and oxygen atoms in total. The molecular formula is C21H22F2N4O2S. The van der Waals surface area contributed by atoms with Gasteiger partial charge in [0.05, 0.1) is 22.3 Å². The summed E-state index contributed by atoms with van der Waals surface area (Å²) in [6.07, 6.45) is 2.45. The fraction of sp³-hybridized carbons (Fsp3) is 0.286. The molecule has 0 fully saturated rings. The fourth-order valence-corrected chi connectivity index (χ4v) is 3.78. The zero-order chi connectivity index (χ0) is 21.9. The van der Waals surface area contributed by atoms with Crippen LogP contribution in [0.4, 0.5) is 14.7 Å². The Kier molecular flexibility index (Phi) is 6.40. The van der Waals surface area contributed by atoms with E-state index >= 15 is 0 Å². The van der Waals surface area contributed by atoms with Gasteiger partial charge in [-0.2, -0.15) is 5.10 Å². The molecule has 1 N–H and O–H groups in total. The second-order valence-electron chi connectivity index (χ2n) is 6.83. The first-order chi connectivity index (χ1) is 14.2. The fourth-order valence-electron chi connectivity index (χ4n) is 3.10. The van der Waals surface area contributed by atoms with Gasteiger partial charge in [-0.15, -0.1) is 5.10 Å². The molecule has 30 heavy (non-hydrogen) atoms. The molecule has 1 heterocycles. The number of aromatic nitrogens is 3. The van der Waals surface area contributed by atoms with Crippen molar-refractivity contribution in [3.05, 3.63) is 76.6 Å². The number of benzene rings is 2. The van der Waals surface area contributed by atoms with Crippen LogP contribution in [-0.2, 0) is 22.7 Å². The van der Waals surface area contributed by atoms with E-state index in [0.717, 1.165) is 29.8 Å². The highest BCUT2D eigenvalue weighted by Gasteiger charge is 2.20. The van der Waals surface area contributed by atoms with E-state index in [4.69, 9.17) is 0 Å². The predicted octanol–water partition coefficient (Wildman–Crippen LogP) is 3.88. The van der Waals surface area contributed by atoms with Gasteiger partial charge in [-0.3, -0.25) is 0 Å². The van der Waals surface area contributed by atoms with Crippen molar-refractivity contribution in [2.24, 2.45) is 0 Å². The molecule has 0 radical (unpaired) electrons. The zero-order valence-electron chi connectivity index (χ0n) is 16.9. The molecule has 0 amide bonds. The normalized spacial score (nSPS) is 12.6. The largest absolute Gasteiger partial charge is 0.342 e. The van der Waals surface area contributed by atoms with Crippen LogP contribution in [0.3, 0.4) is 0 Å². The van der Waals surface area contributed by atoms with Crippen molar-refractivity contribution in [2.45, 2.75) is 37.6 Å². The molecule has 0 bridgehead atoms. The third-order valence-corrected chi connectivity index (χ3v) is 5.79. The molecule has 1 unspecified atom stereocenters. The SMILES string of the molecule is CCc1nnc(NC(c2cccc(S(C)(=O)=O)c2)c2ccc(F)c(F)c2)nc1CC. The zero-order valence-corrected chi connectivity index (χ0v) is 17.7. The Morgan fingerprint density at radius 3 is 2.27 bits per heavy atom. The first-order valence-electron chi connectivity index (χ1n) is 9.46. The maximum Gasteiger partial charge on any atom is 0.243 e. The van der Waals surface area contributed by atoms with Crippen molar-refractivity contribution in [3.63, 3.8) is 0 Å². The number of nitrogens with zero attached hydrogens (tertiary/aromatic N) is 3. The number of rotatable bonds is 7. The summed E-state index contributed by atoms with van der Waals surface area (Å²) in [5.41, 5.74) is 2.49. The van der Waals surface area contributed by atoms with Crippen LogP contribution in [0.25, 0.3) is 0 Å². The topological polar surface area (TPSA) is 84.8 Å². The van der Waals surface area contributed by atoms with Crippen molar-refractivity contribution in [1.82, 2.24) is 15.2 Å². The molecule has 9 heteroatoms. The van der Waals surface area contributed by atoms with Gasteiger partial charge in [0, 0.05) is 6.26 Å². The number of nitrogens with one attached hydrogen (secondary N) is 1. The molecule has 1 aromatic heterocycles. The quantitative estimate of drug-likeness (QED) is 0.610. The summed E-state index contributed by atoms with van der Waals surface area (Å²) in [7, 11) is -3.45. The van der Waals surface area contributed by atoms with Crippen LogP contribution in [0.5, 0.6) is 0 Å². The molecular weight excluding hydrogens is 410 g/mol. The van der Waals surface area contributed by atoms with Gasteiger partial charge in [-0.1, -0.05) is 32.0 Å². The van der Waals surface area contributed by atoms with E-state index in [1.54, 1.807) is 12.1 Å². The Morgan fingerprint density at radius 2 is 1.63 bits per heavy atom. The van der Waals surface area contributed by atoms with Crippen molar-refractivity contribution in [1.29, 1.82) is 0 Å². The maximum atomic E-state index is 13.9. The average Bonchev–Trinajstić information content (AvgIpc) is 2.73. The summed E-state index contributed by atoms with van der Waals surface area (Å²) in [5.74, 6) is -1.77. The van der Waals surface area contributed by atoms with E-state index in [-0.39, 0.29) is 10.8 Å². The van der Waals surface area contributed by atoms with Crippen LogP contribution in [0.2, 0.25) is 0 Å². The van der Waals surface area contributed by atoms with Gasteiger partial charge in [0.2, 0.25) is 5.95 Å². The lowest BCUT2D eigenvalue weighted by molar-refractivity contribution is 0.506. The lowest BCUT2D eigenvalue weighted by Crippen LogP contribution is -2.17. The molecule has 1 atom stereocenters. The molecule has 0 aliphatic carbocycles. The number of halogens is 2. The Bertz CT molecular complexity index is 1170. The Balaban J connectivity index is 2.10. The van der Waals surface area contributed by atoms with Crippen LogP contribution in [0.1, 0.15) is 42.4 Å². The van der Waals surface area contributed by atoms with E-state index in [0.29, 0.717) is 24.0 Å². The van der Waals surface area contributed by atoms with Crippen LogP contribution >= 0.6 is 0 Å². The van der Waals surface area contributed by atoms with E-state index in [2.05, 4.69) is 20.5 Å². The smallest absolute Gasteiger partial charge is 0.243 e. The van der Waals surface area contributed by atoms with E-state index < -0.39 is 27.5 Å². The summed E-state index contributed by atoms with van der Waals surface area (Å²) in [6, 6.07) is 9.05. The van der Waals surface area contributed by atoms with Gasteiger partial charge in [0.25, 0.3) is 0 Å². The minimum atomic E-state index is -3.45. The Morgan fingerprint density at radius 1 is 0.933 bits per heavy atom. The highest BCUT2D eigenvalue weighted by molar-refractivity contribution is 7.90. The first-order valence-corrected chi connectivity index (χ1v) is 11.4. The van der Waals surface area contributed by atoms with Crippen molar-refractivity contribution < 1.29 is 17.2 Å². The molecule has 0 aliphatic rings. The molecule has 0 saturated heterocycles. The third kappa shape index (κ3) is 4.79. The molecule has 0 spiro atoms. The van der Waals surface area contributed by atoms with Crippen molar-refractivity contribution in [2.75, 3.05) is 11.6 Å². The van der Waals surface area contributed by atoms with Gasteiger partial charge in [0.1, 0.15) is 0 Å². The summed E-state index contributed by atoms with van der Waals surface area (Å²) in [5, 5.41) is 11.4. The monoisotopic (exact) mass is 432 g/mol. The lowest BCUT2D eigenvalue weighted by Gasteiger charge is -2.21. The first kappa shape index (κ1) is 21.8. The summed E-state index contributed by atoms with van der Waals surface area (Å²) < 4.78 is 51.4. The average molecular weight is 432 g/mol. The van der Waals surface area contributed by atoms with Crippen LogP contribution in [-0.4, -0.2) is 29.9 Å². The van der Waals surface area contributed by atoms with Crippen LogP contribution in [0.15, 0.2) is 47.4 Å². The minimum Gasteiger partial charge on any atom is -0.342 e. The standard InChI is InChI=1S/C21H22F2N4O2S/c1-4-18-19(5-2)26-27-21(24-18)25-20(14-9-10-16(22)17(23)12-14)13-7-6-8-15(11-13)30(3,28)29/h6-12,20H,4-5H2,1-3H3,(H,24,25,27). The van der Waals surface area contributed by atoms with E-state index in [1.807, 2.05) is 13.8 Å². The minimum absolute atomic E-state index is 0.115. The molecule has 2 aromatic carbocycles.